The third-order valence-electron chi connectivity index (χ3n) is 2.57. The number of hydrogen-bond acceptors (Lipinski definition) is 4. The molecule has 0 radical (unpaired) electrons. The van der Waals surface area contributed by atoms with E-state index in [2.05, 4.69) is 9.72 Å². The monoisotopic (exact) mass is 208 g/mol. The van der Waals surface area contributed by atoms with E-state index in [-0.39, 0.29) is 12.4 Å². The molecule has 0 saturated carbocycles. The molecule has 4 nitrogen and oxygen atoms in total. The average Bonchev–Trinajstić information content (AvgIpc) is 2.30. The third kappa shape index (κ3) is 2.76. The Hall–Kier alpha value is -1.42. The molecular weight excluding hydrogens is 192 g/mol. The standard InChI is InChI=1S/C11H16N2O2/c1-11(8-12,6-10(14)15-2)9-4-3-5-13-7-9/h3-5,7H,6,8,12H2,1-2H3. The Morgan fingerprint density at radius 2 is 2.40 bits per heavy atom. The number of carbonyl (C=O) groups is 1. The zero-order valence-corrected chi connectivity index (χ0v) is 9.06. The van der Waals surface area contributed by atoms with Gasteiger partial charge in [0, 0.05) is 24.4 Å². The van der Waals surface area contributed by atoms with Crippen LogP contribution < -0.4 is 5.73 Å². The SMILES string of the molecule is COC(=O)CC(C)(CN)c1cccnc1. The van der Waals surface area contributed by atoms with Gasteiger partial charge in [0.25, 0.3) is 0 Å². The highest BCUT2D eigenvalue weighted by Gasteiger charge is 2.28. The van der Waals surface area contributed by atoms with Crippen molar-refractivity contribution in [3.05, 3.63) is 30.1 Å². The van der Waals surface area contributed by atoms with Crippen molar-refractivity contribution < 1.29 is 9.53 Å². The predicted molar refractivity (Wildman–Crippen MR) is 57.3 cm³/mol. The van der Waals surface area contributed by atoms with Crippen molar-refractivity contribution in [2.24, 2.45) is 5.73 Å². The Morgan fingerprint density at radius 1 is 1.67 bits per heavy atom. The molecule has 0 fully saturated rings. The van der Waals surface area contributed by atoms with E-state index in [4.69, 9.17) is 5.73 Å². The lowest BCUT2D eigenvalue weighted by Gasteiger charge is -2.26. The van der Waals surface area contributed by atoms with E-state index < -0.39 is 5.41 Å². The van der Waals surface area contributed by atoms with Crippen LogP contribution in [0.25, 0.3) is 0 Å². The van der Waals surface area contributed by atoms with E-state index in [0.29, 0.717) is 6.54 Å². The molecule has 0 amide bonds. The van der Waals surface area contributed by atoms with E-state index in [0.717, 1.165) is 5.56 Å². The van der Waals surface area contributed by atoms with Gasteiger partial charge in [-0.2, -0.15) is 0 Å². The number of nitrogens with two attached hydrogens (primary N) is 1. The highest BCUT2D eigenvalue weighted by molar-refractivity contribution is 5.71. The molecule has 1 aromatic rings. The number of nitrogens with zero attached hydrogens (tertiary/aromatic N) is 1. The molecule has 1 unspecified atom stereocenters. The Kier molecular flexibility index (Phi) is 3.80. The van der Waals surface area contributed by atoms with E-state index in [9.17, 15) is 4.79 Å². The van der Waals surface area contributed by atoms with Gasteiger partial charge in [0.15, 0.2) is 0 Å². The second-order valence-corrected chi connectivity index (χ2v) is 3.76. The summed E-state index contributed by atoms with van der Waals surface area (Å²) >= 11 is 0. The lowest BCUT2D eigenvalue weighted by molar-refractivity contribution is -0.141. The fourth-order valence-corrected chi connectivity index (χ4v) is 1.40. The first-order chi connectivity index (χ1) is 7.12. The normalized spacial score (nSPS) is 14.3. The fourth-order valence-electron chi connectivity index (χ4n) is 1.40. The molecular formula is C11H16N2O2. The molecule has 1 atom stereocenters. The summed E-state index contributed by atoms with van der Waals surface area (Å²) < 4.78 is 4.65. The van der Waals surface area contributed by atoms with Gasteiger partial charge < -0.3 is 10.5 Å². The number of methoxy groups -OCH3 is 1. The van der Waals surface area contributed by atoms with E-state index >= 15 is 0 Å². The summed E-state index contributed by atoms with van der Waals surface area (Å²) in [6, 6.07) is 3.75. The number of esters is 1. The van der Waals surface area contributed by atoms with Crippen molar-refractivity contribution in [1.29, 1.82) is 0 Å². The molecule has 1 rings (SSSR count). The maximum atomic E-state index is 11.3. The maximum Gasteiger partial charge on any atom is 0.306 e. The highest BCUT2D eigenvalue weighted by atomic mass is 16.5. The summed E-state index contributed by atoms with van der Waals surface area (Å²) in [5, 5.41) is 0. The zero-order chi connectivity index (χ0) is 11.3. The molecule has 0 spiro atoms. The number of pyridine rings is 1. The van der Waals surface area contributed by atoms with Gasteiger partial charge in [-0.05, 0) is 11.6 Å². The van der Waals surface area contributed by atoms with Crippen LogP contribution in [0.1, 0.15) is 18.9 Å². The topological polar surface area (TPSA) is 65.2 Å². The predicted octanol–water partition coefficient (Wildman–Crippen LogP) is 0.861. The number of hydrogen-bond donors (Lipinski definition) is 1. The van der Waals surface area contributed by atoms with Crippen LogP contribution >= 0.6 is 0 Å². The number of ether oxygens (including phenoxy) is 1. The Labute approximate surface area is 89.5 Å². The van der Waals surface area contributed by atoms with Crippen molar-refractivity contribution >= 4 is 5.97 Å². The number of carbonyl (C=O) groups excluding carboxylic acids is 1. The van der Waals surface area contributed by atoms with Crippen molar-refractivity contribution in [3.63, 3.8) is 0 Å². The van der Waals surface area contributed by atoms with Crippen molar-refractivity contribution in [2.45, 2.75) is 18.8 Å². The van der Waals surface area contributed by atoms with Gasteiger partial charge in [-0.15, -0.1) is 0 Å². The van der Waals surface area contributed by atoms with Crippen LogP contribution in [-0.2, 0) is 14.9 Å². The average molecular weight is 208 g/mol. The summed E-state index contributed by atoms with van der Waals surface area (Å²) in [4.78, 5) is 15.3. The molecule has 2 N–H and O–H groups in total. The summed E-state index contributed by atoms with van der Waals surface area (Å²) in [7, 11) is 1.38. The minimum atomic E-state index is -0.401. The molecule has 15 heavy (non-hydrogen) atoms. The van der Waals surface area contributed by atoms with E-state index in [1.165, 1.54) is 7.11 Å². The minimum Gasteiger partial charge on any atom is -0.469 e. The second kappa shape index (κ2) is 4.89. The Morgan fingerprint density at radius 3 is 2.87 bits per heavy atom. The van der Waals surface area contributed by atoms with Crippen molar-refractivity contribution in [3.8, 4) is 0 Å². The molecule has 0 aliphatic rings. The third-order valence-corrected chi connectivity index (χ3v) is 2.57. The van der Waals surface area contributed by atoms with Gasteiger partial charge in [-0.25, -0.2) is 0 Å². The summed E-state index contributed by atoms with van der Waals surface area (Å²) in [6.45, 7) is 2.31. The first kappa shape index (κ1) is 11.7. The van der Waals surface area contributed by atoms with Gasteiger partial charge in [0.1, 0.15) is 0 Å². The molecule has 0 bridgehead atoms. The smallest absolute Gasteiger partial charge is 0.306 e. The van der Waals surface area contributed by atoms with Crippen LogP contribution in [0.5, 0.6) is 0 Å². The zero-order valence-electron chi connectivity index (χ0n) is 9.06. The molecule has 0 aromatic carbocycles. The fraction of sp³-hybridized carbons (Fsp3) is 0.455. The second-order valence-electron chi connectivity index (χ2n) is 3.76. The van der Waals surface area contributed by atoms with E-state index in [1.54, 1.807) is 12.4 Å². The van der Waals surface area contributed by atoms with Crippen LogP contribution in [0.15, 0.2) is 24.5 Å². The van der Waals surface area contributed by atoms with Crippen molar-refractivity contribution in [2.75, 3.05) is 13.7 Å². The lowest BCUT2D eigenvalue weighted by Crippen LogP contribution is -2.34. The Balaban J connectivity index is 2.90. The number of aromatic nitrogens is 1. The first-order valence-corrected chi connectivity index (χ1v) is 4.80. The molecule has 0 aliphatic heterocycles. The maximum absolute atomic E-state index is 11.3. The lowest BCUT2D eigenvalue weighted by atomic mass is 9.80. The minimum absolute atomic E-state index is 0.258. The van der Waals surface area contributed by atoms with Gasteiger partial charge in [-0.1, -0.05) is 13.0 Å². The molecule has 4 heteroatoms. The van der Waals surface area contributed by atoms with Crippen LogP contribution in [0.4, 0.5) is 0 Å². The summed E-state index contributed by atoms with van der Waals surface area (Å²) in [6.07, 6.45) is 3.69. The van der Waals surface area contributed by atoms with Crippen LogP contribution in [-0.4, -0.2) is 24.6 Å². The largest absolute Gasteiger partial charge is 0.469 e. The molecule has 0 saturated heterocycles. The van der Waals surface area contributed by atoms with Crippen LogP contribution in [0, 0.1) is 0 Å². The quantitative estimate of drug-likeness (QED) is 0.745. The Bertz CT molecular complexity index is 327. The van der Waals surface area contributed by atoms with Gasteiger partial charge in [0.05, 0.1) is 13.5 Å². The highest BCUT2D eigenvalue weighted by Crippen LogP contribution is 2.25. The van der Waals surface area contributed by atoms with E-state index in [1.807, 2.05) is 19.1 Å². The summed E-state index contributed by atoms with van der Waals surface area (Å²) in [5.74, 6) is -0.258. The van der Waals surface area contributed by atoms with Gasteiger partial charge in [0.2, 0.25) is 0 Å². The molecule has 82 valence electrons. The first-order valence-electron chi connectivity index (χ1n) is 4.80. The van der Waals surface area contributed by atoms with Crippen LogP contribution in [0.2, 0.25) is 0 Å². The number of rotatable bonds is 4. The summed E-state index contributed by atoms with van der Waals surface area (Å²) in [5.41, 5.74) is 6.26. The van der Waals surface area contributed by atoms with Gasteiger partial charge >= 0.3 is 5.97 Å². The van der Waals surface area contributed by atoms with Gasteiger partial charge in [-0.3, -0.25) is 9.78 Å². The molecule has 1 heterocycles. The van der Waals surface area contributed by atoms with Crippen molar-refractivity contribution in [1.82, 2.24) is 4.98 Å². The molecule has 1 aromatic heterocycles. The van der Waals surface area contributed by atoms with Crippen LogP contribution in [0.3, 0.4) is 0 Å². The molecule has 0 aliphatic carbocycles.